The molecule has 0 saturated heterocycles. The lowest BCUT2D eigenvalue weighted by Crippen LogP contribution is -2.45. The molecule has 1 heterocycles. The molecule has 84 valence electrons. The van der Waals surface area contributed by atoms with Gasteiger partial charge in [-0.25, -0.2) is 0 Å². The third-order valence-electron chi connectivity index (χ3n) is 3.25. The number of amides is 1. The van der Waals surface area contributed by atoms with Crippen LogP contribution in [0.2, 0.25) is 0 Å². The van der Waals surface area contributed by atoms with E-state index < -0.39 is 5.41 Å². The molecule has 1 saturated carbocycles. The molecule has 0 bridgehead atoms. The fraction of sp³-hybridized carbons (Fsp3) is 0.500. The fourth-order valence-corrected chi connectivity index (χ4v) is 2.06. The quantitative estimate of drug-likeness (QED) is 0.837. The molecule has 0 unspecified atom stereocenters. The number of aromatic nitrogens is 1. The molecule has 1 amide bonds. The molecule has 0 aromatic carbocycles. The zero-order valence-corrected chi connectivity index (χ0v) is 9.36. The van der Waals surface area contributed by atoms with Gasteiger partial charge < -0.3 is 9.88 Å². The lowest BCUT2D eigenvalue weighted by atomic mass is 9.69. The average Bonchev–Trinajstić information content (AvgIpc) is 2.69. The maximum Gasteiger partial charge on any atom is 0.243 e. The zero-order chi connectivity index (χ0) is 11.6. The van der Waals surface area contributed by atoms with Crippen LogP contribution in [-0.2, 0) is 11.3 Å². The van der Waals surface area contributed by atoms with Crippen LogP contribution >= 0.6 is 0 Å². The van der Waals surface area contributed by atoms with Gasteiger partial charge in [0.2, 0.25) is 5.91 Å². The Labute approximate surface area is 94.9 Å². The van der Waals surface area contributed by atoms with Crippen LogP contribution in [0.15, 0.2) is 18.3 Å². The van der Waals surface area contributed by atoms with Gasteiger partial charge in [-0.15, -0.1) is 0 Å². The molecular formula is C12H15N3O. The van der Waals surface area contributed by atoms with Gasteiger partial charge in [-0.3, -0.25) is 4.79 Å². The summed E-state index contributed by atoms with van der Waals surface area (Å²) in [6, 6.07) is 6.01. The van der Waals surface area contributed by atoms with Crippen molar-refractivity contribution >= 4 is 5.91 Å². The van der Waals surface area contributed by atoms with Crippen molar-refractivity contribution in [1.29, 1.82) is 5.26 Å². The number of hydrogen-bond acceptors (Lipinski definition) is 2. The zero-order valence-electron chi connectivity index (χ0n) is 9.36. The SMILES string of the molecule is CN(Cc1ccc[nH]1)C(=O)C1(C#N)CCC1. The molecule has 4 nitrogen and oxygen atoms in total. The molecule has 0 aliphatic heterocycles. The van der Waals surface area contributed by atoms with Crippen LogP contribution in [0, 0.1) is 16.7 Å². The number of H-pyrrole nitrogens is 1. The van der Waals surface area contributed by atoms with Gasteiger partial charge in [0, 0.05) is 18.9 Å². The molecule has 1 N–H and O–H groups in total. The van der Waals surface area contributed by atoms with Crippen molar-refractivity contribution in [3.63, 3.8) is 0 Å². The van der Waals surface area contributed by atoms with Crippen molar-refractivity contribution in [1.82, 2.24) is 9.88 Å². The summed E-state index contributed by atoms with van der Waals surface area (Å²) < 4.78 is 0. The van der Waals surface area contributed by atoms with E-state index in [2.05, 4.69) is 11.1 Å². The van der Waals surface area contributed by atoms with Gasteiger partial charge in [-0.05, 0) is 31.4 Å². The third kappa shape index (κ3) is 1.69. The topological polar surface area (TPSA) is 59.9 Å². The number of carbonyl (C=O) groups excluding carboxylic acids is 1. The van der Waals surface area contributed by atoms with E-state index in [-0.39, 0.29) is 5.91 Å². The highest BCUT2D eigenvalue weighted by Crippen LogP contribution is 2.41. The van der Waals surface area contributed by atoms with Crippen LogP contribution < -0.4 is 0 Å². The van der Waals surface area contributed by atoms with Gasteiger partial charge in [-0.2, -0.15) is 5.26 Å². The summed E-state index contributed by atoms with van der Waals surface area (Å²) in [7, 11) is 1.75. The summed E-state index contributed by atoms with van der Waals surface area (Å²) in [6.45, 7) is 0.537. The van der Waals surface area contributed by atoms with E-state index in [1.54, 1.807) is 11.9 Å². The summed E-state index contributed by atoms with van der Waals surface area (Å²) in [6.07, 6.45) is 4.22. The van der Waals surface area contributed by atoms with Crippen molar-refractivity contribution < 1.29 is 4.79 Å². The smallest absolute Gasteiger partial charge is 0.243 e. The first-order valence-electron chi connectivity index (χ1n) is 5.47. The molecular weight excluding hydrogens is 202 g/mol. The minimum atomic E-state index is -0.735. The van der Waals surface area contributed by atoms with Gasteiger partial charge in [-0.1, -0.05) is 0 Å². The Hall–Kier alpha value is -1.76. The van der Waals surface area contributed by atoms with Gasteiger partial charge in [0.05, 0.1) is 12.6 Å². The molecule has 0 radical (unpaired) electrons. The van der Waals surface area contributed by atoms with Crippen molar-refractivity contribution in [2.75, 3.05) is 7.05 Å². The van der Waals surface area contributed by atoms with Gasteiger partial charge in [0.25, 0.3) is 0 Å². The van der Waals surface area contributed by atoms with Crippen LogP contribution in [-0.4, -0.2) is 22.8 Å². The predicted octanol–water partition coefficient (Wildman–Crippen LogP) is 1.67. The minimum Gasteiger partial charge on any atom is -0.364 e. The van der Waals surface area contributed by atoms with Crippen molar-refractivity contribution in [3.8, 4) is 6.07 Å². The Kier molecular flexibility index (Phi) is 2.69. The highest BCUT2D eigenvalue weighted by molar-refractivity contribution is 5.86. The number of aromatic amines is 1. The van der Waals surface area contributed by atoms with Crippen LogP contribution in [0.1, 0.15) is 25.0 Å². The standard InChI is InChI=1S/C12H15N3O/c1-15(8-10-4-2-7-14-10)11(16)12(9-13)5-3-6-12/h2,4,7,14H,3,5-6,8H2,1H3. The monoisotopic (exact) mass is 217 g/mol. The molecule has 1 aliphatic carbocycles. The average molecular weight is 217 g/mol. The molecule has 4 heteroatoms. The normalized spacial score (nSPS) is 17.2. The second-order valence-corrected chi connectivity index (χ2v) is 4.40. The van der Waals surface area contributed by atoms with Crippen LogP contribution in [0.3, 0.4) is 0 Å². The molecule has 1 aromatic heterocycles. The van der Waals surface area contributed by atoms with E-state index in [1.807, 2.05) is 18.3 Å². The molecule has 16 heavy (non-hydrogen) atoms. The molecule has 0 spiro atoms. The second-order valence-electron chi connectivity index (χ2n) is 4.40. The van der Waals surface area contributed by atoms with Crippen LogP contribution in [0.25, 0.3) is 0 Å². The predicted molar refractivity (Wildman–Crippen MR) is 59.2 cm³/mol. The Morgan fingerprint density at radius 2 is 2.44 bits per heavy atom. The second kappa shape index (κ2) is 4.01. The first-order valence-corrected chi connectivity index (χ1v) is 5.47. The van der Waals surface area contributed by atoms with Gasteiger partial charge >= 0.3 is 0 Å². The number of nitrogens with zero attached hydrogens (tertiary/aromatic N) is 2. The highest BCUT2D eigenvalue weighted by atomic mass is 16.2. The van der Waals surface area contributed by atoms with E-state index in [1.165, 1.54) is 0 Å². The molecule has 1 fully saturated rings. The van der Waals surface area contributed by atoms with Gasteiger partial charge in [0.1, 0.15) is 5.41 Å². The van der Waals surface area contributed by atoms with E-state index in [4.69, 9.17) is 5.26 Å². The Morgan fingerprint density at radius 3 is 2.88 bits per heavy atom. The number of rotatable bonds is 3. The van der Waals surface area contributed by atoms with E-state index >= 15 is 0 Å². The summed E-state index contributed by atoms with van der Waals surface area (Å²) in [5.41, 5.74) is 0.254. The van der Waals surface area contributed by atoms with Gasteiger partial charge in [0.15, 0.2) is 0 Å². The lowest BCUT2D eigenvalue weighted by molar-refractivity contribution is -0.142. The van der Waals surface area contributed by atoms with Crippen LogP contribution in [0.5, 0.6) is 0 Å². The van der Waals surface area contributed by atoms with E-state index in [0.29, 0.717) is 19.4 Å². The van der Waals surface area contributed by atoms with Crippen molar-refractivity contribution in [2.45, 2.75) is 25.8 Å². The largest absolute Gasteiger partial charge is 0.364 e. The van der Waals surface area contributed by atoms with Crippen molar-refractivity contribution in [3.05, 3.63) is 24.0 Å². The summed E-state index contributed by atoms with van der Waals surface area (Å²) in [5.74, 6) is -0.0455. The fourth-order valence-electron chi connectivity index (χ4n) is 2.06. The third-order valence-corrected chi connectivity index (χ3v) is 3.25. The first-order chi connectivity index (χ1) is 7.68. The summed E-state index contributed by atoms with van der Waals surface area (Å²) in [5, 5.41) is 9.08. The number of hydrogen-bond donors (Lipinski definition) is 1. The maximum atomic E-state index is 12.1. The first kappa shape index (κ1) is 10.7. The Morgan fingerprint density at radius 1 is 1.69 bits per heavy atom. The number of carbonyl (C=O) groups is 1. The van der Waals surface area contributed by atoms with E-state index in [9.17, 15) is 4.79 Å². The number of nitrogens with one attached hydrogen (secondary N) is 1. The van der Waals surface area contributed by atoms with Crippen LogP contribution in [0.4, 0.5) is 0 Å². The highest BCUT2D eigenvalue weighted by Gasteiger charge is 2.46. The van der Waals surface area contributed by atoms with E-state index in [0.717, 1.165) is 12.1 Å². The molecule has 1 aromatic rings. The maximum absolute atomic E-state index is 12.1. The van der Waals surface area contributed by atoms with Crippen molar-refractivity contribution in [2.24, 2.45) is 5.41 Å². The minimum absolute atomic E-state index is 0.0455. The molecule has 2 rings (SSSR count). The summed E-state index contributed by atoms with van der Waals surface area (Å²) in [4.78, 5) is 16.8. The lowest BCUT2D eigenvalue weighted by Gasteiger charge is -2.36. The molecule has 0 atom stereocenters. The Bertz CT molecular complexity index is 412. The Balaban J connectivity index is 2.02. The number of nitriles is 1. The molecule has 1 aliphatic rings. The summed E-state index contributed by atoms with van der Waals surface area (Å²) >= 11 is 0.